The number of carbonyl (C=O) groups is 1. The molecule has 0 saturated heterocycles. The van der Waals surface area contributed by atoms with E-state index in [4.69, 9.17) is 18.0 Å². The molecule has 1 atom stereocenters. The van der Waals surface area contributed by atoms with Gasteiger partial charge < -0.3 is 21.7 Å². The van der Waals surface area contributed by atoms with Gasteiger partial charge in [-0.05, 0) is 53.6 Å². The lowest BCUT2D eigenvalue weighted by molar-refractivity contribution is 0.102. The smallest absolute Gasteiger partial charge is 0.277 e. The normalized spacial score (nSPS) is 11.4. The van der Waals surface area contributed by atoms with Crippen LogP contribution in [0.25, 0.3) is 0 Å². The van der Waals surface area contributed by atoms with Crippen molar-refractivity contribution in [3.63, 3.8) is 0 Å². The Morgan fingerprint density at radius 1 is 1.07 bits per heavy atom. The predicted molar refractivity (Wildman–Crippen MR) is 112 cm³/mol. The summed E-state index contributed by atoms with van der Waals surface area (Å²) in [5.41, 5.74) is 8.94. The molecule has 0 spiro atoms. The number of hydrogen-bond donors (Lipinski definition) is 4. The number of amides is 1. The van der Waals surface area contributed by atoms with Crippen molar-refractivity contribution in [3.05, 3.63) is 71.2 Å². The van der Waals surface area contributed by atoms with Crippen molar-refractivity contribution in [2.75, 3.05) is 17.2 Å². The van der Waals surface area contributed by atoms with E-state index in [-0.39, 0.29) is 11.9 Å². The minimum Gasteiger partial charge on any atom is -0.361 e. The van der Waals surface area contributed by atoms with Crippen molar-refractivity contribution < 1.29 is 4.79 Å². The van der Waals surface area contributed by atoms with E-state index in [1.54, 1.807) is 17.5 Å². The van der Waals surface area contributed by atoms with Crippen molar-refractivity contribution in [1.82, 2.24) is 14.9 Å². The lowest BCUT2D eigenvalue weighted by Crippen LogP contribution is -2.34. The van der Waals surface area contributed by atoms with Gasteiger partial charge in [0.2, 0.25) is 0 Å². The average Bonchev–Trinajstić information content (AvgIpc) is 3.23. The van der Waals surface area contributed by atoms with Gasteiger partial charge in [-0.15, -0.1) is 5.10 Å². The van der Waals surface area contributed by atoms with Crippen LogP contribution in [0.3, 0.4) is 0 Å². The summed E-state index contributed by atoms with van der Waals surface area (Å²) in [5.74, 6) is -0.295. The summed E-state index contributed by atoms with van der Waals surface area (Å²) in [6.07, 6.45) is 0. The molecular weight excluding hydrogens is 380 g/mol. The number of nitrogens with one attached hydrogen (secondary N) is 3. The minimum atomic E-state index is -0.295. The summed E-state index contributed by atoms with van der Waals surface area (Å²) in [6, 6.07) is 16.9. The highest BCUT2D eigenvalue weighted by Crippen LogP contribution is 2.15. The first-order valence-corrected chi connectivity index (χ1v) is 9.40. The van der Waals surface area contributed by atoms with Crippen molar-refractivity contribution in [3.8, 4) is 0 Å². The summed E-state index contributed by atoms with van der Waals surface area (Å²) >= 11 is 6.43. The average molecular weight is 399 g/mol. The van der Waals surface area contributed by atoms with Crippen LogP contribution in [0.1, 0.15) is 22.1 Å². The molecule has 27 heavy (non-hydrogen) atoms. The third-order valence-corrected chi connectivity index (χ3v) is 4.45. The Hall–Kier alpha value is -2.88. The number of carbonyl (C=O) groups excluding carboxylic acids is 1. The van der Waals surface area contributed by atoms with Crippen LogP contribution >= 0.6 is 23.8 Å². The molecule has 5 N–H and O–H groups in total. The lowest BCUT2D eigenvalue weighted by Gasteiger charge is -2.15. The van der Waals surface area contributed by atoms with Crippen LogP contribution < -0.4 is 21.7 Å². The van der Waals surface area contributed by atoms with Crippen LogP contribution in [0, 0.1) is 0 Å². The Kier molecular flexibility index (Phi) is 6.42. The Morgan fingerprint density at radius 2 is 1.74 bits per heavy atom. The molecular formula is C18H18N6OS2. The number of hydrogen-bond acceptors (Lipinski definition) is 6. The number of aromatic nitrogens is 2. The summed E-state index contributed by atoms with van der Waals surface area (Å²) < 4.78 is 3.67. The van der Waals surface area contributed by atoms with Gasteiger partial charge in [-0.3, -0.25) is 4.79 Å². The first-order chi connectivity index (χ1) is 13.1. The van der Waals surface area contributed by atoms with Gasteiger partial charge in [0.15, 0.2) is 10.8 Å². The van der Waals surface area contributed by atoms with E-state index in [2.05, 4.69) is 25.5 Å². The van der Waals surface area contributed by atoms with Gasteiger partial charge in [0.25, 0.3) is 5.91 Å². The fourth-order valence-corrected chi connectivity index (χ4v) is 2.93. The quantitative estimate of drug-likeness (QED) is 0.473. The first kappa shape index (κ1) is 18.9. The van der Waals surface area contributed by atoms with Gasteiger partial charge in [-0.1, -0.05) is 34.8 Å². The molecule has 0 fully saturated rings. The number of nitrogens with zero attached hydrogens (tertiary/aromatic N) is 2. The van der Waals surface area contributed by atoms with E-state index < -0.39 is 0 Å². The Balaban J connectivity index is 1.47. The van der Waals surface area contributed by atoms with Crippen LogP contribution in [0.5, 0.6) is 0 Å². The zero-order chi connectivity index (χ0) is 19.1. The third-order valence-electron chi connectivity index (χ3n) is 3.70. The van der Waals surface area contributed by atoms with Crippen LogP contribution in [-0.2, 0) is 0 Å². The van der Waals surface area contributed by atoms with Gasteiger partial charge in [-0.25, -0.2) is 0 Å². The molecule has 1 amide bonds. The number of anilines is 2. The van der Waals surface area contributed by atoms with E-state index in [9.17, 15) is 4.79 Å². The van der Waals surface area contributed by atoms with Crippen LogP contribution in [0.2, 0.25) is 0 Å². The Morgan fingerprint density at radius 3 is 2.37 bits per heavy atom. The Bertz CT molecular complexity index is 884. The molecule has 0 aliphatic rings. The summed E-state index contributed by atoms with van der Waals surface area (Å²) in [6.45, 7) is 0.520. The van der Waals surface area contributed by atoms with Gasteiger partial charge in [0.1, 0.15) is 0 Å². The Labute approximate surface area is 166 Å². The van der Waals surface area contributed by atoms with Crippen LogP contribution in [0.15, 0.2) is 60.0 Å². The molecule has 3 aromatic rings. The zero-order valence-electron chi connectivity index (χ0n) is 14.3. The topological polar surface area (TPSA) is 105 Å². The maximum absolute atomic E-state index is 11.9. The largest absolute Gasteiger partial charge is 0.361 e. The summed E-state index contributed by atoms with van der Waals surface area (Å²) in [7, 11) is 0. The molecule has 0 radical (unpaired) electrons. The van der Waals surface area contributed by atoms with Gasteiger partial charge in [0, 0.05) is 29.3 Å². The molecule has 0 aliphatic carbocycles. The number of rotatable bonds is 6. The summed E-state index contributed by atoms with van der Waals surface area (Å²) in [5, 5.41) is 14.8. The number of nitrogens with two attached hydrogens (primary N) is 1. The van der Waals surface area contributed by atoms with Crippen molar-refractivity contribution in [1.29, 1.82) is 0 Å². The second-order valence-corrected chi connectivity index (χ2v) is 6.69. The van der Waals surface area contributed by atoms with E-state index in [1.807, 2.05) is 42.5 Å². The number of thiocarbonyl (C=S) groups is 1. The SMILES string of the molecule is NC(CNC(=S)Nc1ccc(NC(=O)c2csnn2)cc1)c1ccccc1. The first-order valence-electron chi connectivity index (χ1n) is 8.15. The fraction of sp³-hybridized carbons (Fsp3) is 0.111. The highest BCUT2D eigenvalue weighted by atomic mass is 32.1. The van der Waals surface area contributed by atoms with E-state index in [0.29, 0.717) is 23.0 Å². The molecule has 3 rings (SSSR count). The standard InChI is InChI=1S/C18H18N6OS2/c19-15(12-4-2-1-3-5-12)10-20-18(26)22-14-8-6-13(7-9-14)21-17(25)16-11-27-24-23-16/h1-9,11,15H,10,19H2,(H,21,25)(H2,20,22,26). The minimum absolute atomic E-state index is 0.149. The van der Waals surface area contributed by atoms with Crippen LogP contribution in [-0.4, -0.2) is 27.2 Å². The van der Waals surface area contributed by atoms with Crippen molar-refractivity contribution in [2.45, 2.75) is 6.04 Å². The lowest BCUT2D eigenvalue weighted by atomic mass is 10.1. The highest BCUT2D eigenvalue weighted by molar-refractivity contribution is 7.80. The molecule has 9 heteroatoms. The van der Waals surface area contributed by atoms with Crippen LogP contribution in [0.4, 0.5) is 11.4 Å². The molecule has 2 aromatic carbocycles. The predicted octanol–water partition coefficient (Wildman–Crippen LogP) is 2.78. The third kappa shape index (κ3) is 5.55. The van der Waals surface area contributed by atoms with Gasteiger partial charge in [-0.2, -0.15) is 0 Å². The molecule has 0 bridgehead atoms. The van der Waals surface area contributed by atoms with Gasteiger partial charge in [0.05, 0.1) is 0 Å². The second-order valence-electron chi connectivity index (χ2n) is 5.67. The second kappa shape index (κ2) is 9.17. The molecule has 0 saturated carbocycles. The van der Waals surface area contributed by atoms with E-state index in [0.717, 1.165) is 22.8 Å². The monoisotopic (exact) mass is 398 g/mol. The molecule has 138 valence electrons. The molecule has 1 heterocycles. The maximum Gasteiger partial charge on any atom is 0.277 e. The van der Waals surface area contributed by atoms with Crippen molar-refractivity contribution in [2.24, 2.45) is 5.73 Å². The highest BCUT2D eigenvalue weighted by Gasteiger charge is 2.09. The molecule has 1 aromatic heterocycles. The molecule has 1 unspecified atom stereocenters. The van der Waals surface area contributed by atoms with E-state index in [1.165, 1.54) is 0 Å². The maximum atomic E-state index is 11.9. The van der Waals surface area contributed by atoms with Crippen molar-refractivity contribution >= 4 is 46.1 Å². The molecule has 0 aliphatic heterocycles. The molecule has 7 nitrogen and oxygen atoms in total. The number of benzene rings is 2. The summed E-state index contributed by atoms with van der Waals surface area (Å²) in [4.78, 5) is 11.9. The zero-order valence-corrected chi connectivity index (χ0v) is 15.9. The fourth-order valence-electron chi connectivity index (χ4n) is 2.29. The van der Waals surface area contributed by atoms with Gasteiger partial charge >= 0.3 is 0 Å². The van der Waals surface area contributed by atoms with E-state index >= 15 is 0 Å².